The molecule has 1 aliphatic rings. The van der Waals surface area contributed by atoms with Gasteiger partial charge in [0, 0.05) is 36.2 Å². The van der Waals surface area contributed by atoms with Gasteiger partial charge in [0.25, 0.3) is 0 Å². The number of nitrogen functional groups attached to an aromatic ring is 1. The first kappa shape index (κ1) is 41.6. The van der Waals surface area contributed by atoms with Gasteiger partial charge in [-0.25, -0.2) is 13.9 Å². The molecule has 274 valence electrons. The lowest BCUT2D eigenvalue weighted by molar-refractivity contribution is -0.122. The fourth-order valence-corrected chi connectivity index (χ4v) is 5.03. The highest BCUT2D eigenvalue weighted by Gasteiger charge is 2.49. The maximum absolute atomic E-state index is 12.6. The van der Waals surface area contributed by atoms with Crippen LogP contribution in [0, 0.1) is 0 Å². The zero-order valence-corrected chi connectivity index (χ0v) is 27.5. The Balaban J connectivity index is 1.71. The number of azide groups is 1. The predicted octanol–water partition coefficient (Wildman–Crippen LogP) is -1.51. The summed E-state index contributed by atoms with van der Waals surface area (Å²) in [5.41, 5.74) is 13.3. The molecule has 1 saturated heterocycles. The number of nitrogens with two attached hydrogens (primary N) is 1. The van der Waals surface area contributed by atoms with Crippen LogP contribution in [0.2, 0.25) is 0 Å². The number of carbonyl (C=O) groups is 1. The van der Waals surface area contributed by atoms with Crippen molar-refractivity contribution in [1.82, 2.24) is 14.9 Å². The molecule has 1 aliphatic heterocycles. The van der Waals surface area contributed by atoms with Crippen LogP contribution in [0.4, 0.5) is 5.82 Å². The Bertz CT molecular complexity index is 1340. The molecule has 48 heavy (non-hydrogen) atoms. The van der Waals surface area contributed by atoms with Crippen LogP contribution in [0.1, 0.15) is 24.6 Å². The third kappa shape index (κ3) is 16.7. The Labute approximate surface area is 273 Å². The average molecular weight is 734 g/mol. The van der Waals surface area contributed by atoms with Gasteiger partial charge >= 0.3 is 21.3 Å². The van der Waals surface area contributed by atoms with Crippen molar-refractivity contribution < 1.29 is 71.3 Å². The van der Waals surface area contributed by atoms with Gasteiger partial charge in [-0.2, -0.15) is 4.98 Å². The molecule has 0 aromatic carbocycles. The highest BCUT2D eigenvalue weighted by molar-refractivity contribution is 7.46. The van der Waals surface area contributed by atoms with Crippen molar-refractivity contribution >= 4 is 27.4 Å². The molecule has 1 fully saturated rings. The average Bonchev–Trinajstić information content (AvgIpc) is 3.29. The van der Waals surface area contributed by atoms with Gasteiger partial charge in [0.05, 0.1) is 59.5 Å². The largest absolute Gasteiger partial charge is 0.470 e. The molecule has 1 aromatic heterocycles. The minimum atomic E-state index is -5.23. The third-order valence-electron chi connectivity index (χ3n) is 6.24. The number of aliphatic hydroxyl groups is 1. The summed E-state index contributed by atoms with van der Waals surface area (Å²) in [6.07, 6.45) is -5.14. The normalized spacial score (nSPS) is 19.7. The zero-order valence-electron chi connectivity index (χ0n) is 25.7. The zero-order chi connectivity index (χ0) is 35.6. The van der Waals surface area contributed by atoms with Crippen LogP contribution in [-0.4, -0.2) is 131 Å². The van der Waals surface area contributed by atoms with E-state index >= 15 is 0 Å². The quantitative estimate of drug-likeness (QED) is 0.0197. The lowest BCUT2D eigenvalue weighted by Gasteiger charge is -2.21. The molecule has 2 heterocycles. The van der Waals surface area contributed by atoms with E-state index in [0.29, 0.717) is 51.6 Å². The molecule has 0 radical (unpaired) electrons. The number of phosphoric ester groups is 2. The standard InChI is InChI=1S/C23H41N7O16P2/c24-21-16(2-1-4-26-18(31)3-6-40-8-10-42-12-13-43-11-9-41-7-5-27-29-25)14-30(23(33)28-21)22-19(32)20(46-48(37,38)39)17(45-22)15-44-47(34,35)36/h14,17,19-20,22,32H,1-13,15H2,(H,26,31)(H2,24,28,33)(H2,34,35,36)(H2,37,38,39)/t17-,19?,20+,22-/m1/s1. The van der Waals surface area contributed by atoms with E-state index in [1.807, 2.05) is 0 Å². The monoisotopic (exact) mass is 733 g/mol. The number of nitrogens with one attached hydrogen (secondary N) is 1. The number of rotatable bonds is 25. The molecule has 0 spiro atoms. The first-order valence-electron chi connectivity index (χ1n) is 14.5. The first-order chi connectivity index (χ1) is 22.7. The van der Waals surface area contributed by atoms with Crippen molar-refractivity contribution in [2.45, 2.75) is 43.8 Å². The molecule has 8 N–H and O–H groups in total. The molecule has 1 aromatic rings. The second kappa shape index (κ2) is 21.5. The van der Waals surface area contributed by atoms with E-state index in [9.17, 15) is 33.6 Å². The van der Waals surface area contributed by atoms with Crippen LogP contribution in [0.25, 0.3) is 10.4 Å². The lowest BCUT2D eigenvalue weighted by Crippen LogP contribution is -2.38. The maximum atomic E-state index is 12.6. The number of nitrogens with zero attached hydrogens (tertiary/aromatic N) is 5. The molecule has 0 bridgehead atoms. The number of ether oxygens (including phenoxy) is 5. The summed E-state index contributed by atoms with van der Waals surface area (Å²) >= 11 is 0. The van der Waals surface area contributed by atoms with Gasteiger partial charge in [0.1, 0.15) is 24.1 Å². The summed E-state index contributed by atoms with van der Waals surface area (Å²) in [5, 5.41) is 16.7. The summed E-state index contributed by atoms with van der Waals surface area (Å²) in [5.74, 6) is -0.418. The van der Waals surface area contributed by atoms with E-state index in [4.69, 9.17) is 44.7 Å². The van der Waals surface area contributed by atoms with Crippen LogP contribution in [-0.2, 0) is 53.1 Å². The Morgan fingerprint density at radius 2 is 1.65 bits per heavy atom. The highest BCUT2D eigenvalue weighted by Crippen LogP contribution is 2.45. The second-order valence-corrected chi connectivity index (χ2v) is 12.3. The van der Waals surface area contributed by atoms with E-state index in [1.54, 1.807) is 0 Å². The van der Waals surface area contributed by atoms with E-state index in [0.717, 1.165) is 4.57 Å². The summed E-state index contributed by atoms with van der Waals surface area (Å²) in [4.78, 5) is 67.4. The van der Waals surface area contributed by atoms with Gasteiger partial charge in [-0.1, -0.05) is 5.11 Å². The SMILES string of the molecule is [N-]=[N+]=NCCOCCOCCOCCOCCC(=O)NCCCc1cn([C@@H]2O[C@H](COP(=O)(O)O)[C@H](OP(=O)(O)O)C2O)c(=O)nc1N. The van der Waals surface area contributed by atoms with Crippen molar-refractivity contribution in [2.75, 3.05) is 78.3 Å². The van der Waals surface area contributed by atoms with Crippen LogP contribution >= 0.6 is 15.6 Å². The Kier molecular flexibility index (Phi) is 18.6. The summed E-state index contributed by atoms with van der Waals surface area (Å²) in [6.45, 7) is 2.11. The number of amides is 1. The fourth-order valence-electron chi connectivity index (χ4n) is 4.11. The number of phosphoric acid groups is 2. The Morgan fingerprint density at radius 3 is 2.23 bits per heavy atom. The van der Waals surface area contributed by atoms with Crippen LogP contribution in [0.5, 0.6) is 0 Å². The highest BCUT2D eigenvalue weighted by atomic mass is 31.2. The predicted molar refractivity (Wildman–Crippen MR) is 161 cm³/mol. The Morgan fingerprint density at radius 1 is 1.04 bits per heavy atom. The van der Waals surface area contributed by atoms with Gasteiger partial charge in [0.15, 0.2) is 6.23 Å². The third-order valence-corrected chi connectivity index (χ3v) is 7.25. The molecular weight excluding hydrogens is 692 g/mol. The molecule has 2 rings (SSSR count). The number of carbonyl (C=O) groups excluding carboxylic acids is 1. The molecule has 25 heteroatoms. The summed E-state index contributed by atoms with van der Waals surface area (Å²) in [7, 11) is -10.3. The number of aliphatic hydroxyl groups excluding tert-OH is 1. The minimum Gasteiger partial charge on any atom is -0.386 e. The molecular formula is C23H41N7O16P2. The van der Waals surface area contributed by atoms with Crippen molar-refractivity contribution in [2.24, 2.45) is 5.11 Å². The molecule has 0 saturated carbocycles. The van der Waals surface area contributed by atoms with Crippen LogP contribution in [0.15, 0.2) is 16.1 Å². The molecule has 23 nitrogen and oxygen atoms in total. The minimum absolute atomic E-state index is 0.0962. The van der Waals surface area contributed by atoms with Gasteiger partial charge < -0.3 is 59.4 Å². The van der Waals surface area contributed by atoms with Crippen molar-refractivity contribution in [3.8, 4) is 0 Å². The molecule has 0 aliphatic carbocycles. The fraction of sp³-hybridized carbons (Fsp3) is 0.783. The summed E-state index contributed by atoms with van der Waals surface area (Å²) < 4.78 is 58.9. The van der Waals surface area contributed by atoms with Gasteiger partial charge in [-0.05, 0) is 18.4 Å². The van der Waals surface area contributed by atoms with Crippen molar-refractivity contribution in [3.63, 3.8) is 0 Å². The number of hydrogen-bond acceptors (Lipinski definition) is 15. The van der Waals surface area contributed by atoms with E-state index in [-0.39, 0.29) is 50.9 Å². The smallest absolute Gasteiger partial charge is 0.386 e. The number of anilines is 1. The topological polar surface area (TPSA) is 339 Å². The van der Waals surface area contributed by atoms with Gasteiger partial charge in [0.2, 0.25) is 5.91 Å². The van der Waals surface area contributed by atoms with Crippen LogP contribution in [0.3, 0.4) is 0 Å². The van der Waals surface area contributed by atoms with Crippen molar-refractivity contribution in [1.29, 1.82) is 0 Å². The number of aromatic nitrogens is 2. The maximum Gasteiger partial charge on any atom is 0.470 e. The molecule has 4 atom stereocenters. The number of hydrogen-bond donors (Lipinski definition) is 7. The van der Waals surface area contributed by atoms with E-state index < -0.39 is 52.5 Å². The Hall–Kier alpha value is -2.56. The molecule has 1 amide bonds. The van der Waals surface area contributed by atoms with E-state index in [2.05, 4.69) is 29.4 Å². The van der Waals surface area contributed by atoms with E-state index in [1.165, 1.54) is 6.20 Å². The second-order valence-electron chi connectivity index (χ2n) is 9.85. The van der Waals surface area contributed by atoms with Gasteiger partial charge in [-0.15, -0.1) is 0 Å². The number of aryl methyl sites for hydroxylation is 1. The summed E-state index contributed by atoms with van der Waals surface area (Å²) in [6, 6.07) is 0. The van der Waals surface area contributed by atoms with Crippen molar-refractivity contribution in [3.05, 3.63) is 32.7 Å². The first-order valence-corrected chi connectivity index (χ1v) is 17.5. The molecule has 1 unspecified atom stereocenters. The van der Waals surface area contributed by atoms with Gasteiger partial charge in [-0.3, -0.25) is 18.4 Å². The lowest BCUT2D eigenvalue weighted by atomic mass is 10.1. The van der Waals surface area contributed by atoms with Crippen LogP contribution < -0.4 is 16.7 Å².